The Morgan fingerprint density at radius 1 is 1.16 bits per heavy atom. The maximum absolute atomic E-state index is 12.1. The Morgan fingerprint density at radius 2 is 1.92 bits per heavy atom. The fraction of sp³-hybridized carbons (Fsp3) is 0.500. The van der Waals surface area contributed by atoms with Crippen LogP contribution in [0.1, 0.15) is 50.3 Å². The second-order valence-electron chi connectivity index (χ2n) is 7.19. The number of nitrogens with one attached hydrogen (secondary N) is 2. The number of hydrogen-bond donors (Lipinski definition) is 2. The molecule has 25 heavy (non-hydrogen) atoms. The van der Waals surface area contributed by atoms with Crippen LogP contribution in [-0.2, 0) is 4.79 Å². The minimum Gasteiger partial charge on any atom is -0.440 e. The Labute approximate surface area is 148 Å². The molecule has 1 aliphatic carbocycles. The van der Waals surface area contributed by atoms with Gasteiger partial charge in [-0.05, 0) is 75.4 Å². The van der Waals surface area contributed by atoms with Crippen LogP contribution < -0.4 is 10.6 Å². The summed E-state index contributed by atoms with van der Waals surface area (Å²) in [5, 5.41) is 6.35. The molecule has 0 spiro atoms. The maximum atomic E-state index is 12.1. The maximum Gasteiger partial charge on any atom is 0.224 e. The number of piperidine rings is 1. The van der Waals surface area contributed by atoms with Crippen molar-refractivity contribution in [2.24, 2.45) is 5.92 Å². The van der Waals surface area contributed by atoms with E-state index in [1.165, 1.54) is 25.7 Å². The summed E-state index contributed by atoms with van der Waals surface area (Å²) in [7, 11) is 0. The molecule has 2 N–H and O–H groups in total. The van der Waals surface area contributed by atoms with Gasteiger partial charge in [-0.15, -0.1) is 0 Å². The summed E-state index contributed by atoms with van der Waals surface area (Å²) in [5.74, 6) is 2.95. The van der Waals surface area contributed by atoms with E-state index in [1.54, 1.807) is 6.20 Å². The van der Waals surface area contributed by atoms with Crippen molar-refractivity contribution in [3.05, 3.63) is 36.4 Å². The minimum absolute atomic E-state index is 0.0990. The third kappa shape index (κ3) is 4.28. The van der Waals surface area contributed by atoms with Crippen molar-refractivity contribution in [3.63, 3.8) is 0 Å². The van der Waals surface area contributed by atoms with E-state index in [0.29, 0.717) is 18.3 Å². The van der Waals surface area contributed by atoms with E-state index in [1.807, 2.05) is 24.3 Å². The van der Waals surface area contributed by atoms with Gasteiger partial charge in [-0.25, -0.2) is 4.98 Å². The molecule has 1 amide bonds. The van der Waals surface area contributed by atoms with E-state index < -0.39 is 0 Å². The highest BCUT2D eigenvalue weighted by molar-refractivity contribution is 5.90. The zero-order chi connectivity index (χ0) is 17.1. The third-order valence-corrected chi connectivity index (χ3v) is 5.14. The highest BCUT2D eigenvalue weighted by Crippen LogP contribution is 2.40. The quantitative estimate of drug-likeness (QED) is 0.836. The number of hydrogen-bond acceptors (Lipinski definition) is 4. The Balaban J connectivity index is 1.29. The Bertz CT molecular complexity index is 713. The molecular formula is C20H25N3O2. The lowest BCUT2D eigenvalue weighted by atomic mass is 9.93. The number of aromatic nitrogens is 1. The molecule has 132 valence electrons. The summed E-state index contributed by atoms with van der Waals surface area (Å²) in [6.07, 6.45) is 8.10. The lowest BCUT2D eigenvalue weighted by Gasteiger charge is -2.22. The van der Waals surface area contributed by atoms with Crippen LogP contribution in [0.4, 0.5) is 5.69 Å². The molecule has 0 bridgehead atoms. The monoisotopic (exact) mass is 339 g/mol. The predicted octanol–water partition coefficient (Wildman–Crippen LogP) is 3.94. The lowest BCUT2D eigenvalue weighted by Crippen LogP contribution is -2.28. The van der Waals surface area contributed by atoms with Crippen molar-refractivity contribution in [1.82, 2.24) is 10.3 Å². The fourth-order valence-corrected chi connectivity index (χ4v) is 3.39. The van der Waals surface area contributed by atoms with Gasteiger partial charge < -0.3 is 15.1 Å². The van der Waals surface area contributed by atoms with Crippen LogP contribution in [0.3, 0.4) is 0 Å². The van der Waals surface area contributed by atoms with Gasteiger partial charge in [0.1, 0.15) is 0 Å². The number of benzene rings is 1. The largest absolute Gasteiger partial charge is 0.440 e. The van der Waals surface area contributed by atoms with Crippen molar-refractivity contribution >= 4 is 11.6 Å². The second-order valence-corrected chi connectivity index (χ2v) is 7.19. The lowest BCUT2D eigenvalue weighted by molar-refractivity contribution is -0.116. The number of anilines is 1. The van der Waals surface area contributed by atoms with E-state index >= 15 is 0 Å². The van der Waals surface area contributed by atoms with Crippen molar-refractivity contribution in [1.29, 1.82) is 0 Å². The fourth-order valence-electron chi connectivity index (χ4n) is 3.39. The first-order valence-electron chi connectivity index (χ1n) is 9.34. The van der Waals surface area contributed by atoms with Crippen LogP contribution in [0.5, 0.6) is 0 Å². The zero-order valence-electron chi connectivity index (χ0n) is 14.5. The molecule has 1 aromatic heterocycles. The van der Waals surface area contributed by atoms with Gasteiger partial charge in [0.25, 0.3) is 0 Å². The number of amides is 1. The number of oxazole rings is 1. The topological polar surface area (TPSA) is 67.2 Å². The van der Waals surface area contributed by atoms with E-state index in [9.17, 15) is 4.79 Å². The first kappa shape index (κ1) is 16.3. The molecule has 2 aromatic rings. The average molecular weight is 339 g/mol. The Morgan fingerprint density at radius 3 is 2.64 bits per heavy atom. The van der Waals surface area contributed by atoms with E-state index in [4.69, 9.17) is 4.42 Å². The van der Waals surface area contributed by atoms with Gasteiger partial charge >= 0.3 is 0 Å². The molecular weight excluding hydrogens is 314 g/mol. The summed E-state index contributed by atoms with van der Waals surface area (Å²) in [5.41, 5.74) is 1.83. The SMILES string of the molecule is O=C(CCC1CCNCC1)Nc1ccc(-c2cnc(C3CC3)o2)cc1. The summed E-state index contributed by atoms with van der Waals surface area (Å²) in [6.45, 7) is 2.16. The van der Waals surface area contributed by atoms with Crippen LogP contribution in [0, 0.1) is 5.92 Å². The van der Waals surface area contributed by atoms with Crippen LogP contribution in [0.25, 0.3) is 11.3 Å². The van der Waals surface area contributed by atoms with Crippen molar-refractivity contribution in [2.45, 2.75) is 44.4 Å². The van der Waals surface area contributed by atoms with Crippen LogP contribution >= 0.6 is 0 Å². The molecule has 5 heteroatoms. The molecule has 0 atom stereocenters. The van der Waals surface area contributed by atoms with Gasteiger partial charge in [-0.3, -0.25) is 4.79 Å². The highest BCUT2D eigenvalue weighted by Gasteiger charge is 2.28. The van der Waals surface area contributed by atoms with Crippen molar-refractivity contribution < 1.29 is 9.21 Å². The smallest absolute Gasteiger partial charge is 0.224 e. The molecule has 1 aliphatic heterocycles. The molecule has 0 unspecified atom stereocenters. The van der Waals surface area contributed by atoms with Crippen LogP contribution in [0.15, 0.2) is 34.9 Å². The van der Waals surface area contributed by atoms with Crippen molar-refractivity contribution in [3.8, 4) is 11.3 Å². The second kappa shape index (κ2) is 7.40. The van der Waals surface area contributed by atoms with Gasteiger partial charge in [0.15, 0.2) is 11.7 Å². The molecule has 0 radical (unpaired) electrons. The summed E-state index contributed by atoms with van der Waals surface area (Å²) in [6, 6.07) is 7.80. The first-order chi connectivity index (χ1) is 12.3. The van der Waals surface area contributed by atoms with Gasteiger partial charge in [-0.1, -0.05) is 0 Å². The predicted molar refractivity (Wildman–Crippen MR) is 97.4 cm³/mol. The summed E-state index contributed by atoms with van der Waals surface area (Å²) < 4.78 is 5.82. The van der Waals surface area contributed by atoms with E-state index in [-0.39, 0.29) is 5.91 Å². The standard InChI is InChI=1S/C20H25N3O2/c24-19(8-1-14-9-11-21-12-10-14)23-17-6-4-15(5-7-17)18-13-22-20(25-18)16-2-3-16/h4-7,13-14,16,21H,1-3,8-12H2,(H,23,24). The zero-order valence-corrected chi connectivity index (χ0v) is 14.5. The summed E-state index contributed by atoms with van der Waals surface area (Å²) in [4.78, 5) is 16.5. The molecule has 2 heterocycles. The molecule has 5 nitrogen and oxygen atoms in total. The summed E-state index contributed by atoms with van der Waals surface area (Å²) >= 11 is 0. The normalized spacial score (nSPS) is 18.2. The number of carbonyl (C=O) groups is 1. The molecule has 1 aromatic carbocycles. The Kier molecular flexibility index (Phi) is 4.83. The minimum atomic E-state index is 0.0990. The molecule has 1 saturated carbocycles. The highest BCUT2D eigenvalue weighted by atomic mass is 16.4. The number of nitrogens with zero attached hydrogens (tertiary/aromatic N) is 1. The average Bonchev–Trinajstić information content (AvgIpc) is 3.39. The van der Waals surface area contributed by atoms with E-state index in [2.05, 4.69) is 15.6 Å². The van der Waals surface area contributed by atoms with Gasteiger partial charge in [0.2, 0.25) is 5.91 Å². The first-order valence-corrected chi connectivity index (χ1v) is 9.34. The molecule has 4 rings (SSSR count). The number of rotatable bonds is 6. The Hall–Kier alpha value is -2.14. The van der Waals surface area contributed by atoms with Crippen molar-refractivity contribution in [2.75, 3.05) is 18.4 Å². The molecule has 2 aliphatic rings. The van der Waals surface area contributed by atoms with Gasteiger partial charge in [0.05, 0.1) is 6.20 Å². The van der Waals surface area contributed by atoms with Crippen LogP contribution in [-0.4, -0.2) is 24.0 Å². The van der Waals surface area contributed by atoms with E-state index in [0.717, 1.165) is 42.4 Å². The third-order valence-electron chi connectivity index (χ3n) is 5.14. The molecule has 1 saturated heterocycles. The van der Waals surface area contributed by atoms with Crippen LogP contribution in [0.2, 0.25) is 0 Å². The number of carbonyl (C=O) groups excluding carboxylic acids is 1. The van der Waals surface area contributed by atoms with Gasteiger partial charge in [0, 0.05) is 23.6 Å². The van der Waals surface area contributed by atoms with Gasteiger partial charge in [-0.2, -0.15) is 0 Å². The molecule has 2 fully saturated rings.